The summed E-state index contributed by atoms with van der Waals surface area (Å²) in [6.45, 7) is 0.844. The van der Waals surface area contributed by atoms with E-state index in [2.05, 4.69) is 11.7 Å². The van der Waals surface area contributed by atoms with Crippen LogP contribution in [0.2, 0.25) is 0 Å². The van der Waals surface area contributed by atoms with E-state index in [-0.39, 0.29) is 6.42 Å². The lowest BCUT2D eigenvalue weighted by Crippen LogP contribution is -2.32. The van der Waals surface area contributed by atoms with Gasteiger partial charge in [-0.3, -0.25) is 4.79 Å². The fourth-order valence-corrected chi connectivity index (χ4v) is 1.68. The van der Waals surface area contributed by atoms with Gasteiger partial charge in [0.05, 0.1) is 0 Å². The SMILES string of the molecule is O=C(O)CCCNC1CC[CH]CC1. The van der Waals surface area contributed by atoms with Crippen molar-refractivity contribution >= 4 is 5.97 Å². The molecule has 0 saturated heterocycles. The minimum absolute atomic E-state index is 0.284. The number of carboxylic acids is 1. The van der Waals surface area contributed by atoms with E-state index < -0.39 is 5.97 Å². The zero-order valence-electron chi connectivity index (χ0n) is 7.96. The third kappa shape index (κ3) is 4.88. The number of carboxylic acid groups (broad SMARTS) is 1. The van der Waals surface area contributed by atoms with E-state index in [1.165, 1.54) is 25.7 Å². The fourth-order valence-electron chi connectivity index (χ4n) is 1.68. The number of carbonyl (C=O) groups is 1. The van der Waals surface area contributed by atoms with Crippen molar-refractivity contribution < 1.29 is 9.90 Å². The molecule has 1 aliphatic carbocycles. The van der Waals surface area contributed by atoms with Crippen molar-refractivity contribution in [3.05, 3.63) is 6.42 Å². The molecule has 0 amide bonds. The number of rotatable bonds is 5. The van der Waals surface area contributed by atoms with Crippen molar-refractivity contribution in [2.24, 2.45) is 0 Å². The Bertz CT molecular complexity index is 153. The molecule has 1 radical (unpaired) electrons. The van der Waals surface area contributed by atoms with Crippen molar-refractivity contribution in [2.45, 2.75) is 44.6 Å². The van der Waals surface area contributed by atoms with Crippen LogP contribution in [0.25, 0.3) is 0 Å². The minimum atomic E-state index is -0.696. The average Bonchev–Trinajstić information content (AvgIpc) is 2.14. The first-order valence-electron chi connectivity index (χ1n) is 5.06. The molecule has 0 aromatic carbocycles. The van der Waals surface area contributed by atoms with Crippen molar-refractivity contribution in [3.8, 4) is 0 Å². The molecular weight excluding hydrogens is 166 g/mol. The van der Waals surface area contributed by atoms with E-state index in [0.29, 0.717) is 6.04 Å². The Morgan fingerprint density at radius 3 is 2.77 bits per heavy atom. The molecule has 1 aliphatic rings. The quantitative estimate of drug-likeness (QED) is 0.638. The molecule has 1 saturated carbocycles. The molecular formula is C10H18NO2. The summed E-state index contributed by atoms with van der Waals surface area (Å²) in [5.41, 5.74) is 0. The van der Waals surface area contributed by atoms with Crippen LogP contribution in [0.15, 0.2) is 0 Å². The summed E-state index contributed by atoms with van der Waals surface area (Å²) in [5, 5.41) is 11.8. The Labute approximate surface area is 79.5 Å². The van der Waals surface area contributed by atoms with Crippen LogP contribution >= 0.6 is 0 Å². The van der Waals surface area contributed by atoms with Crippen molar-refractivity contribution in [1.82, 2.24) is 5.32 Å². The molecule has 2 N–H and O–H groups in total. The zero-order chi connectivity index (χ0) is 9.52. The monoisotopic (exact) mass is 184 g/mol. The molecule has 75 valence electrons. The molecule has 0 unspecified atom stereocenters. The molecule has 3 nitrogen and oxygen atoms in total. The van der Waals surface area contributed by atoms with E-state index in [0.717, 1.165) is 13.0 Å². The van der Waals surface area contributed by atoms with Crippen LogP contribution in [-0.4, -0.2) is 23.7 Å². The summed E-state index contributed by atoms with van der Waals surface area (Å²) in [5.74, 6) is -0.696. The molecule has 0 aromatic rings. The predicted molar refractivity (Wildman–Crippen MR) is 51.4 cm³/mol. The average molecular weight is 184 g/mol. The van der Waals surface area contributed by atoms with Gasteiger partial charge >= 0.3 is 5.97 Å². The molecule has 3 heteroatoms. The maximum absolute atomic E-state index is 10.2. The number of hydrogen-bond acceptors (Lipinski definition) is 2. The molecule has 13 heavy (non-hydrogen) atoms. The first-order chi connectivity index (χ1) is 6.29. The van der Waals surface area contributed by atoms with E-state index in [4.69, 9.17) is 5.11 Å². The number of hydrogen-bond donors (Lipinski definition) is 2. The lowest BCUT2D eigenvalue weighted by atomic mass is 9.95. The number of nitrogens with one attached hydrogen (secondary N) is 1. The maximum atomic E-state index is 10.2. The Kier molecular flexibility index (Phi) is 4.83. The Balaban J connectivity index is 1.95. The lowest BCUT2D eigenvalue weighted by molar-refractivity contribution is -0.137. The maximum Gasteiger partial charge on any atom is 0.303 e. The molecule has 0 heterocycles. The standard InChI is InChI=1S/C10H18NO2/c12-10(13)7-4-8-11-9-5-2-1-3-6-9/h1,9,11H,2-8H2,(H,12,13). The van der Waals surface area contributed by atoms with Crippen LogP contribution in [-0.2, 0) is 4.79 Å². The van der Waals surface area contributed by atoms with Gasteiger partial charge in [-0.1, -0.05) is 0 Å². The molecule has 1 fully saturated rings. The van der Waals surface area contributed by atoms with Crippen LogP contribution < -0.4 is 5.32 Å². The molecule has 1 rings (SSSR count). The van der Waals surface area contributed by atoms with Crippen LogP contribution in [0.3, 0.4) is 0 Å². The highest BCUT2D eigenvalue weighted by molar-refractivity contribution is 5.66. The van der Waals surface area contributed by atoms with Crippen LogP contribution in [0, 0.1) is 6.42 Å². The fraction of sp³-hybridized carbons (Fsp3) is 0.800. The van der Waals surface area contributed by atoms with Gasteiger partial charge in [-0.25, -0.2) is 0 Å². The first-order valence-corrected chi connectivity index (χ1v) is 5.06. The Morgan fingerprint density at radius 2 is 2.15 bits per heavy atom. The van der Waals surface area contributed by atoms with Crippen molar-refractivity contribution in [2.75, 3.05) is 6.54 Å². The summed E-state index contributed by atoms with van der Waals surface area (Å²) in [4.78, 5) is 10.2. The highest BCUT2D eigenvalue weighted by Gasteiger charge is 2.11. The smallest absolute Gasteiger partial charge is 0.303 e. The van der Waals surface area contributed by atoms with Gasteiger partial charge in [-0.15, -0.1) is 0 Å². The van der Waals surface area contributed by atoms with Crippen LogP contribution in [0.4, 0.5) is 0 Å². The summed E-state index contributed by atoms with van der Waals surface area (Å²) in [6.07, 6.45) is 8.20. The topological polar surface area (TPSA) is 49.3 Å². The van der Waals surface area contributed by atoms with Crippen LogP contribution in [0.5, 0.6) is 0 Å². The zero-order valence-corrected chi connectivity index (χ0v) is 7.96. The molecule has 0 atom stereocenters. The van der Waals surface area contributed by atoms with Crippen LogP contribution in [0.1, 0.15) is 38.5 Å². The second-order valence-corrected chi connectivity index (χ2v) is 3.59. The van der Waals surface area contributed by atoms with Gasteiger partial charge in [0.15, 0.2) is 0 Å². The second-order valence-electron chi connectivity index (χ2n) is 3.59. The highest BCUT2D eigenvalue weighted by atomic mass is 16.4. The minimum Gasteiger partial charge on any atom is -0.481 e. The molecule has 0 bridgehead atoms. The van der Waals surface area contributed by atoms with Crippen molar-refractivity contribution in [1.29, 1.82) is 0 Å². The predicted octanol–water partition coefficient (Wildman–Crippen LogP) is 1.59. The second kappa shape index (κ2) is 5.97. The summed E-state index contributed by atoms with van der Waals surface area (Å²) < 4.78 is 0. The molecule has 0 aromatic heterocycles. The third-order valence-corrected chi connectivity index (χ3v) is 2.44. The largest absolute Gasteiger partial charge is 0.481 e. The molecule has 0 spiro atoms. The Hall–Kier alpha value is -0.570. The van der Waals surface area contributed by atoms with E-state index in [1.807, 2.05) is 0 Å². The highest BCUT2D eigenvalue weighted by Crippen LogP contribution is 2.16. The van der Waals surface area contributed by atoms with Gasteiger partial charge < -0.3 is 10.4 Å². The summed E-state index contributed by atoms with van der Waals surface area (Å²) >= 11 is 0. The Morgan fingerprint density at radius 1 is 1.46 bits per heavy atom. The van der Waals surface area contributed by atoms with Gasteiger partial charge in [0.1, 0.15) is 0 Å². The van der Waals surface area contributed by atoms with Crippen molar-refractivity contribution in [3.63, 3.8) is 0 Å². The first kappa shape index (κ1) is 10.5. The van der Waals surface area contributed by atoms with E-state index >= 15 is 0 Å². The lowest BCUT2D eigenvalue weighted by Gasteiger charge is -2.22. The van der Waals surface area contributed by atoms with Gasteiger partial charge in [-0.2, -0.15) is 0 Å². The molecule has 0 aliphatic heterocycles. The number of aliphatic carboxylic acids is 1. The van der Waals surface area contributed by atoms with E-state index in [1.54, 1.807) is 0 Å². The van der Waals surface area contributed by atoms with Gasteiger partial charge in [-0.05, 0) is 45.1 Å². The summed E-state index contributed by atoms with van der Waals surface area (Å²) in [6, 6.07) is 0.624. The van der Waals surface area contributed by atoms with Gasteiger partial charge in [0.2, 0.25) is 0 Å². The van der Waals surface area contributed by atoms with Gasteiger partial charge in [0, 0.05) is 12.5 Å². The van der Waals surface area contributed by atoms with E-state index in [9.17, 15) is 4.79 Å². The normalized spacial score (nSPS) is 18.8. The third-order valence-electron chi connectivity index (χ3n) is 2.44. The summed E-state index contributed by atoms with van der Waals surface area (Å²) in [7, 11) is 0. The van der Waals surface area contributed by atoms with Gasteiger partial charge in [0.25, 0.3) is 0 Å².